The maximum atomic E-state index is 11.1. The first-order chi connectivity index (χ1) is 11.7. The van der Waals surface area contributed by atoms with Crippen LogP contribution in [0.2, 0.25) is 0 Å². The summed E-state index contributed by atoms with van der Waals surface area (Å²) in [6.07, 6.45) is 3.89. The molecule has 0 bridgehead atoms. The maximum Gasteiger partial charge on any atom is 0.325 e. The van der Waals surface area contributed by atoms with E-state index in [1.807, 2.05) is 30.3 Å². The van der Waals surface area contributed by atoms with Gasteiger partial charge in [0.2, 0.25) is 0 Å². The molecule has 0 radical (unpaired) electrons. The Morgan fingerprint density at radius 2 is 2.04 bits per heavy atom. The highest BCUT2D eigenvalue weighted by Crippen LogP contribution is 2.44. The van der Waals surface area contributed by atoms with Gasteiger partial charge in [-0.15, -0.1) is 0 Å². The highest BCUT2D eigenvalue weighted by Gasteiger charge is 2.31. The third-order valence-electron chi connectivity index (χ3n) is 4.31. The number of hydrogen-bond acceptors (Lipinski definition) is 4. The number of rotatable bonds is 5. The Hall–Kier alpha value is -2.89. The standard InChI is InChI=1S/C18H17N3O3/c1-24-13-6-4-11(5-7-13)14-8-9-19-18-16(14)17(12-2-3-12)20-21(18)10-15(22)23/h4-9,12H,2-3,10H2,1H3,(H,22,23). The van der Waals surface area contributed by atoms with Gasteiger partial charge in [-0.05, 0) is 42.2 Å². The molecule has 0 atom stereocenters. The Bertz CT molecular complexity index is 911. The molecule has 1 N–H and O–H groups in total. The molecule has 24 heavy (non-hydrogen) atoms. The van der Waals surface area contributed by atoms with Crippen LogP contribution in [0.5, 0.6) is 5.75 Å². The van der Waals surface area contributed by atoms with E-state index in [1.165, 1.54) is 4.68 Å². The molecule has 3 aromatic rings. The van der Waals surface area contributed by atoms with Crippen molar-refractivity contribution in [3.63, 3.8) is 0 Å². The van der Waals surface area contributed by atoms with E-state index in [4.69, 9.17) is 9.84 Å². The number of hydrogen-bond donors (Lipinski definition) is 1. The zero-order valence-electron chi connectivity index (χ0n) is 13.3. The lowest BCUT2D eigenvalue weighted by Gasteiger charge is -2.06. The Morgan fingerprint density at radius 3 is 2.67 bits per heavy atom. The molecule has 1 aromatic carbocycles. The van der Waals surface area contributed by atoms with Gasteiger partial charge in [-0.2, -0.15) is 5.10 Å². The van der Waals surface area contributed by atoms with Crippen molar-refractivity contribution in [3.05, 3.63) is 42.2 Å². The summed E-state index contributed by atoms with van der Waals surface area (Å²) < 4.78 is 6.72. The molecule has 0 unspecified atom stereocenters. The fourth-order valence-electron chi connectivity index (χ4n) is 3.02. The largest absolute Gasteiger partial charge is 0.497 e. The van der Waals surface area contributed by atoms with Crippen LogP contribution in [0.3, 0.4) is 0 Å². The number of fused-ring (bicyclic) bond motifs is 1. The summed E-state index contributed by atoms with van der Waals surface area (Å²) in [5, 5.41) is 14.7. The SMILES string of the molecule is COc1ccc(-c2ccnc3c2c(C2CC2)nn3CC(=O)O)cc1. The van der Waals surface area contributed by atoms with Crippen molar-refractivity contribution in [2.75, 3.05) is 7.11 Å². The van der Waals surface area contributed by atoms with E-state index in [-0.39, 0.29) is 6.54 Å². The summed E-state index contributed by atoms with van der Waals surface area (Å²) in [5.74, 6) is 0.287. The summed E-state index contributed by atoms with van der Waals surface area (Å²) >= 11 is 0. The molecule has 1 saturated carbocycles. The molecule has 122 valence electrons. The van der Waals surface area contributed by atoms with Gasteiger partial charge in [0.15, 0.2) is 5.65 Å². The molecule has 0 amide bonds. The zero-order chi connectivity index (χ0) is 16.7. The molecule has 2 aromatic heterocycles. The van der Waals surface area contributed by atoms with E-state index >= 15 is 0 Å². The minimum atomic E-state index is -0.918. The van der Waals surface area contributed by atoms with Crippen LogP contribution in [-0.4, -0.2) is 33.0 Å². The second kappa shape index (κ2) is 5.63. The first kappa shape index (κ1) is 14.7. The Balaban J connectivity index is 1.91. The number of pyridine rings is 1. The number of carboxylic acids is 1. The zero-order valence-corrected chi connectivity index (χ0v) is 13.3. The number of carboxylic acid groups (broad SMARTS) is 1. The molecule has 4 rings (SSSR count). The number of methoxy groups -OCH3 is 1. The summed E-state index contributed by atoms with van der Waals surface area (Å²) in [7, 11) is 1.64. The number of aliphatic carboxylic acids is 1. The highest BCUT2D eigenvalue weighted by molar-refractivity contribution is 5.95. The first-order valence-electron chi connectivity index (χ1n) is 7.89. The van der Waals surface area contributed by atoms with E-state index in [0.717, 1.165) is 40.8 Å². The van der Waals surface area contributed by atoms with Gasteiger partial charge in [0.05, 0.1) is 18.2 Å². The number of ether oxygens (including phenoxy) is 1. The lowest BCUT2D eigenvalue weighted by atomic mass is 10.0. The minimum Gasteiger partial charge on any atom is -0.497 e. The molecule has 0 aliphatic heterocycles. The third kappa shape index (κ3) is 2.50. The van der Waals surface area contributed by atoms with Crippen LogP contribution < -0.4 is 4.74 Å². The number of carbonyl (C=O) groups is 1. The maximum absolute atomic E-state index is 11.1. The third-order valence-corrected chi connectivity index (χ3v) is 4.31. The van der Waals surface area contributed by atoms with E-state index in [9.17, 15) is 4.79 Å². The Kier molecular flexibility index (Phi) is 3.45. The summed E-state index contributed by atoms with van der Waals surface area (Å²) in [6, 6.07) is 9.79. The van der Waals surface area contributed by atoms with Crippen molar-refractivity contribution in [2.24, 2.45) is 0 Å². The topological polar surface area (TPSA) is 77.2 Å². The molecule has 1 aliphatic rings. The van der Waals surface area contributed by atoms with Gasteiger partial charge >= 0.3 is 5.97 Å². The molecule has 2 heterocycles. The Morgan fingerprint density at radius 1 is 1.29 bits per heavy atom. The van der Waals surface area contributed by atoms with E-state index < -0.39 is 5.97 Å². The predicted octanol–water partition coefficient (Wildman–Crippen LogP) is 3.07. The molecule has 1 fully saturated rings. The Labute approximate surface area is 138 Å². The molecule has 6 heteroatoms. The van der Waals surface area contributed by atoms with Gasteiger partial charge in [0.25, 0.3) is 0 Å². The van der Waals surface area contributed by atoms with Crippen LogP contribution in [0.15, 0.2) is 36.5 Å². The van der Waals surface area contributed by atoms with Crippen molar-refractivity contribution in [3.8, 4) is 16.9 Å². The van der Waals surface area contributed by atoms with Crippen molar-refractivity contribution in [1.82, 2.24) is 14.8 Å². The molecule has 1 aliphatic carbocycles. The molecule has 0 saturated heterocycles. The van der Waals surface area contributed by atoms with Gasteiger partial charge < -0.3 is 9.84 Å². The minimum absolute atomic E-state index is 0.178. The van der Waals surface area contributed by atoms with Crippen molar-refractivity contribution < 1.29 is 14.6 Å². The van der Waals surface area contributed by atoms with Crippen molar-refractivity contribution in [2.45, 2.75) is 25.3 Å². The number of nitrogens with zero attached hydrogens (tertiary/aromatic N) is 3. The average molecular weight is 323 g/mol. The number of aromatic nitrogens is 3. The van der Waals surface area contributed by atoms with Crippen LogP contribution in [0.25, 0.3) is 22.2 Å². The van der Waals surface area contributed by atoms with E-state index in [0.29, 0.717) is 11.6 Å². The van der Waals surface area contributed by atoms with Gasteiger partial charge in [-0.3, -0.25) is 4.79 Å². The van der Waals surface area contributed by atoms with Crippen LogP contribution in [0.4, 0.5) is 0 Å². The molecule has 0 spiro atoms. The van der Waals surface area contributed by atoms with Crippen LogP contribution >= 0.6 is 0 Å². The average Bonchev–Trinajstić information content (AvgIpc) is 3.37. The van der Waals surface area contributed by atoms with Crippen molar-refractivity contribution in [1.29, 1.82) is 0 Å². The lowest BCUT2D eigenvalue weighted by Crippen LogP contribution is -2.10. The van der Waals surface area contributed by atoms with Gasteiger partial charge in [0.1, 0.15) is 12.3 Å². The van der Waals surface area contributed by atoms with E-state index in [1.54, 1.807) is 13.3 Å². The summed E-state index contributed by atoms with van der Waals surface area (Å²) in [6.45, 7) is -0.178. The monoisotopic (exact) mass is 323 g/mol. The fourth-order valence-corrected chi connectivity index (χ4v) is 3.02. The van der Waals surface area contributed by atoms with Crippen molar-refractivity contribution >= 4 is 17.0 Å². The molecular formula is C18H17N3O3. The van der Waals surface area contributed by atoms with Gasteiger partial charge in [0, 0.05) is 12.1 Å². The highest BCUT2D eigenvalue weighted by atomic mass is 16.5. The van der Waals surface area contributed by atoms with Gasteiger partial charge in [-0.25, -0.2) is 9.67 Å². The number of benzene rings is 1. The molecular weight excluding hydrogens is 306 g/mol. The normalized spacial score (nSPS) is 14.0. The molecule has 6 nitrogen and oxygen atoms in total. The van der Waals surface area contributed by atoms with E-state index in [2.05, 4.69) is 10.1 Å². The fraction of sp³-hybridized carbons (Fsp3) is 0.278. The summed E-state index contributed by atoms with van der Waals surface area (Å²) in [4.78, 5) is 15.5. The quantitative estimate of drug-likeness (QED) is 0.781. The second-order valence-corrected chi connectivity index (χ2v) is 6.00. The second-order valence-electron chi connectivity index (χ2n) is 6.00. The predicted molar refractivity (Wildman–Crippen MR) is 89.1 cm³/mol. The van der Waals surface area contributed by atoms with Crippen LogP contribution in [0.1, 0.15) is 24.5 Å². The van der Waals surface area contributed by atoms with Gasteiger partial charge in [-0.1, -0.05) is 12.1 Å². The smallest absolute Gasteiger partial charge is 0.325 e. The summed E-state index contributed by atoms with van der Waals surface area (Å²) in [5.41, 5.74) is 3.67. The van der Waals surface area contributed by atoms with Crippen LogP contribution in [-0.2, 0) is 11.3 Å². The van der Waals surface area contributed by atoms with Crippen LogP contribution in [0, 0.1) is 0 Å². The lowest BCUT2D eigenvalue weighted by molar-refractivity contribution is -0.137. The first-order valence-corrected chi connectivity index (χ1v) is 7.89.